The molecular formula is C19H26N4O2. The molecule has 0 unspecified atom stereocenters. The van der Waals surface area contributed by atoms with Crippen molar-refractivity contribution in [1.82, 2.24) is 9.80 Å². The molecular weight excluding hydrogens is 316 g/mol. The molecule has 1 aromatic rings. The average Bonchev–Trinajstić information content (AvgIpc) is 2.68. The maximum absolute atomic E-state index is 11.8. The lowest BCUT2D eigenvalue weighted by Gasteiger charge is -2.43. The molecule has 25 heavy (non-hydrogen) atoms. The molecule has 0 radical (unpaired) electrons. The van der Waals surface area contributed by atoms with Gasteiger partial charge in [0, 0.05) is 45.3 Å². The fraction of sp³-hybridized carbons (Fsp3) is 0.579. The molecule has 134 valence electrons. The molecule has 3 rings (SSSR count). The van der Waals surface area contributed by atoms with Gasteiger partial charge < -0.3 is 14.5 Å². The van der Waals surface area contributed by atoms with Crippen LogP contribution >= 0.6 is 0 Å². The van der Waals surface area contributed by atoms with Gasteiger partial charge in [0.05, 0.1) is 17.9 Å². The van der Waals surface area contributed by atoms with Crippen molar-refractivity contribution in [2.45, 2.75) is 25.8 Å². The number of anilines is 1. The van der Waals surface area contributed by atoms with Crippen LogP contribution in [0, 0.1) is 11.3 Å². The SMILES string of the molecule is CCOC(=O)N1CCC(N2CCN(c3ccccc3C#N)CC2)CC1. The third-order valence-electron chi connectivity index (χ3n) is 5.19. The van der Waals surface area contributed by atoms with E-state index in [1.807, 2.05) is 36.1 Å². The highest BCUT2D eigenvalue weighted by molar-refractivity contribution is 5.67. The minimum absolute atomic E-state index is 0.182. The van der Waals surface area contributed by atoms with Crippen LogP contribution in [0.3, 0.4) is 0 Å². The number of piperidine rings is 1. The van der Waals surface area contributed by atoms with Gasteiger partial charge >= 0.3 is 6.09 Å². The molecule has 2 fully saturated rings. The number of likely N-dealkylation sites (tertiary alicyclic amines) is 1. The summed E-state index contributed by atoms with van der Waals surface area (Å²) in [6, 6.07) is 10.7. The number of rotatable bonds is 3. The molecule has 0 bridgehead atoms. The van der Waals surface area contributed by atoms with E-state index in [-0.39, 0.29) is 6.09 Å². The maximum atomic E-state index is 11.8. The van der Waals surface area contributed by atoms with Gasteiger partial charge in [-0.2, -0.15) is 5.26 Å². The largest absolute Gasteiger partial charge is 0.450 e. The van der Waals surface area contributed by atoms with E-state index in [4.69, 9.17) is 4.74 Å². The lowest BCUT2D eigenvalue weighted by Crippen LogP contribution is -2.54. The van der Waals surface area contributed by atoms with E-state index in [1.165, 1.54) is 0 Å². The third kappa shape index (κ3) is 4.05. The van der Waals surface area contributed by atoms with Gasteiger partial charge in [-0.15, -0.1) is 0 Å². The number of nitriles is 1. The molecule has 1 aromatic carbocycles. The van der Waals surface area contributed by atoms with Crippen molar-refractivity contribution in [3.63, 3.8) is 0 Å². The van der Waals surface area contributed by atoms with E-state index in [9.17, 15) is 10.1 Å². The van der Waals surface area contributed by atoms with Gasteiger partial charge in [0.1, 0.15) is 6.07 Å². The summed E-state index contributed by atoms with van der Waals surface area (Å²) in [6.45, 7) is 7.72. The number of hydrogen-bond acceptors (Lipinski definition) is 5. The van der Waals surface area contributed by atoms with Gasteiger partial charge in [-0.05, 0) is 31.9 Å². The Bertz CT molecular complexity index is 627. The molecule has 0 spiro atoms. The zero-order chi connectivity index (χ0) is 17.6. The van der Waals surface area contributed by atoms with Gasteiger partial charge in [0.2, 0.25) is 0 Å². The van der Waals surface area contributed by atoms with E-state index in [1.54, 1.807) is 0 Å². The highest BCUT2D eigenvalue weighted by Crippen LogP contribution is 2.24. The standard InChI is InChI=1S/C19H26N4O2/c1-2-25-19(24)23-9-7-17(8-10-23)21-11-13-22(14-12-21)18-6-4-3-5-16(18)15-20/h3-6,17H,2,7-14H2,1H3. The Labute approximate surface area is 149 Å². The molecule has 2 aliphatic heterocycles. The molecule has 2 saturated heterocycles. The van der Waals surface area contributed by atoms with Crippen LogP contribution in [0.4, 0.5) is 10.5 Å². The van der Waals surface area contributed by atoms with Crippen molar-refractivity contribution in [2.24, 2.45) is 0 Å². The number of piperazine rings is 1. The number of para-hydroxylation sites is 1. The topological polar surface area (TPSA) is 59.8 Å². The third-order valence-corrected chi connectivity index (χ3v) is 5.19. The summed E-state index contributed by atoms with van der Waals surface area (Å²) >= 11 is 0. The van der Waals surface area contributed by atoms with Crippen molar-refractivity contribution < 1.29 is 9.53 Å². The summed E-state index contributed by atoms with van der Waals surface area (Å²) in [4.78, 5) is 18.5. The minimum Gasteiger partial charge on any atom is -0.450 e. The molecule has 6 nitrogen and oxygen atoms in total. The molecule has 2 heterocycles. The summed E-state index contributed by atoms with van der Waals surface area (Å²) < 4.78 is 5.09. The summed E-state index contributed by atoms with van der Waals surface area (Å²) in [7, 11) is 0. The monoisotopic (exact) mass is 342 g/mol. The van der Waals surface area contributed by atoms with Crippen LogP contribution in [0.15, 0.2) is 24.3 Å². The lowest BCUT2D eigenvalue weighted by molar-refractivity contribution is 0.0729. The Balaban J connectivity index is 1.50. The second kappa shape index (κ2) is 8.21. The molecule has 0 N–H and O–H groups in total. The van der Waals surface area contributed by atoms with E-state index in [0.717, 1.165) is 63.4 Å². The number of carbonyl (C=O) groups is 1. The van der Waals surface area contributed by atoms with Crippen LogP contribution in [-0.2, 0) is 4.74 Å². The van der Waals surface area contributed by atoms with Gasteiger partial charge in [-0.1, -0.05) is 12.1 Å². The summed E-state index contributed by atoms with van der Waals surface area (Å²) in [5.74, 6) is 0. The number of nitrogens with zero attached hydrogens (tertiary/aromatic N) is 4. The van der Waals surface area contributed by atoms with Crippen molar-refractivity contribution in [3.05, 3.63) is 29.8 Å². The average molecular weight is 342 g/mol. The lowest BCUT2D eigenvalue weighted by atomic mass is 10.0. The van der Waals surface area contributed by atoms with Gasteiger partial charge in [0.25, 0.3) is 0 Å². The van der Waals surface area contributed by atoms with E-state index >= 15 is 0 Å². The Hall–Kier alpha value is -2.26. The fourth-order valence-electron chi connectivity index (χ4n) is 3.80. The van der Waals surface area contributed by atoms with Crippen LogP contribution in [0.25, 0.3) is 0 Å². The normalized spacial score (nSPS) is 19.5. The van der Waals surface area contributed by atoms with E-state index < -0.39 is 0 Å². The van der Waals surface area contributed by atoms with Crippen LogP contribution in [0.2, 0.25) is 0 Å². The highest BCUT2D eigenvalue weighted by atomic mass is 16.6. The van der Waals surface area contributed by atoms with Gasteiger partial charge in [0.15, 0.2) is 0 Å². The highest BCUT2D eigenvalue weighted by Gasteiger charge is 2.29. The van der Waals surface area contributed by atoms with Crippen molar-refractivity contribution in [1.29, 1.82) is 5.26 Å². The Morgan fingerprint density at radius 2 is 1.84 bits per heavy atom. The molecule has 2 aliphatic rings. The zero-order valence-corrected chi connectivity index (χ0v) is 14.9. The number of amides is 1. The minimum atomic E-state index is -0.182. The summed E-state index contributed by atoms with van der Waals surface area (Å²) in [5, 5.41) is 9.28. The second-order valence-corrected chi connectivity index (χ2v) is 6.57. The molecule has 6 heteroatoms. The zero-order valence-electron chi connectivity index (χ0n) is 14.9. The number of benzene rings is 1. The fourth-order valence-corrected chi connectivity index (χ4v) is 3.80. The van der Waals surface area contributed by atoms with Gasteiger partial charge in [-0.3, -0.25) is 4.90 Å². The maximum Gasteiger partial charge on any atom is 0.409 e. The first kappa shape index (κ1) is 17.6. The first-order chi connectivity index (χ1) is 12.2. The van der Waals surface area contributed by atoms with Crippen LogP contribution in [0.5, 0.6) is 0 Å². The van der Waals surface area contributed by atoms with E-state index in [2.05, 4.69) is 15.9 Å². The number of carbonyl (C=O) groups excluding carboxylic acids is 1. The van der Waals surface area contributed by atoms with Crippen LogP contribution in [-0.4, -0.2) is 67.8 Å². The molecule has 0 saturated carbocycles. The van der Waals surface area contributed by atoms with Crippen LogP contribution < -0.4 is 4.90 Å². The quantitative estimate of drug-likeness (QED) is 0.843. The van der Waals surface area contributed by atoms with Crippen LogP contribution in [0.1, 0.15) is 25.3 Å². The second-order valence-electron chi connectivity index (χ2n) is 6.57. The number of hydrogen-bond donors (Lipinski definition) is 0. The molecule has 1 amide bonds. The van der Waals surface area contributed by atoms with Crippen molar-refractivity contribution >= 4 is 11.8 Å². The predicted octanol–water partition coefficient (Wildman–Crippen LogP) is 2.30. The predicted molar refractivity (Wildman–Crippen MR) is 96.6 cm³/mol. The molecule has 0 atom stereocenters. The van der Waals surface area contributed by atoms with E-state index in [0.29, 0.717) is 12.6 Å². The molecule has 0 aliphatic carbocycles. The first-order valence-electron chi connectivity index (χ1n) is 9.12. The van der Waals surface area contributed by atoms with Crippen molar-refractivity contribution in [3.8, 4) is 6.07 Å². The van der Waals surface area contributed by atoms with Crippen molar-refractivity contribution in [2.75, 3.05) is 50.8 Å². The Kier molecular flexibility index (Phi) is 5.77. The Morgan fingerprint density at radius 3 is 2.48 bits per heavy atom. The summed E-state index contributed by atoms with van der Waals surface area (Å²) in [5.41, 5.74) is 1.79. The Morgan fingerprint density at radius 1 is 1.16 bits per heavy atom. The summed E-state index contributed by atoms with van der Waals surface area (Å²) in [6.07, 6.45) is 1.83. The van der Waals surface area contributed by atoms with Gasteiger partial charge in [-0.25, -0.2) is 4.79 Å². The smallest absolute Gasteiger partial charge is 0.409 e. The molecule has 0 aromatic heterocycles. The number of ether oxygens (including phenoxy) is 1. The first-order valence-corrected chi connectivity index (χ1v) is 9.12.